The van der Waals surface area contributed by atoms with Crippen LogP contribution in [0.2, 0.25) is 0 Å². The lowest BCUT2D eigenvalue weighted by Gasteiger charge is -2.13. The Balaban J connectivity index is 2.26. The van der Waals surface area contributed by atoms with Crippen LogP contribution in [0.3, 0.4) is 0 Å². The highest BCUT2D eigenvalue weighted by Crippen LogP contribution is 2.40. The summed E-state index contributed by atoms with van der Waals surface area (Å²) in [6, 6.07) is 11.9. The van der Waals surface area contributed by atoms with Gasteiger partial charge in [-0.1, -0.05) is 18.2 Å². The number of hydrogen-bond donors (Lipinski definition) is 0. The van der Waals surface area contributed by atoms with Gasteiger partial charge in [-0.2, -0.15) is 5.10 Å². The van der Waals surface area contributed by atoms with Gasteiger partial charge in [0.1, 0.15) is 11.3 Å². The first kappa shape index (κ1) is 24.8. The van der Waals surface area contributed by atoms with E-state index in [-0.39, 0.29) is 35.1 Å². The molecule has 10 nitrogen and oxygen atoms in total. The standard InChI is InChI=1S/C23H21BrN2O8/c1-30-16-10-14(15(24)11-17(16)34-12-18(27)31-2)20-19(22(28)32-3)21(23(29)33-4)26(25-20)13-8-6-5-7-9-13/h5-11H,12H2,1-4H3. The number of para-hydroxylation sites is 1. The number of rotatable bonds is 8. The van der Waals surface area contributed by atoms with Crippen molar-refractivity contribution in [1.82, 2.24) is 9.78 Å². The van der Waals surface area contributed by atoms with E-state index in [0.717, 1.165) is 0 Å². The minimum absolute atomic E-state index is 0.0933. The van der Waals surface area contributed by atoms with Crippen molar-refractivity contribution in [1.29, 1.82) is 0 Å². The zero-order valence-electron chi connectivity index (χ0n) is 18.8. The van der Waals surface area contributed by atoms with Gasteiger partial charge in [-0.25, -0.2) is 19.1 Å². The van der Waals surface area contributed by atoms with Gasteiger partial charge in [-0.05, 0) is 40.2 Å². The fraction of sp³-hybridized carbons (Fsp3) is 0.217. The van der Waals surface area contributed by atoms with Crippen molar-refractivity contribution < 1.29 is 38.1 Å². The largest absolute Gasteiger partial charge is 0.493 e. The highest BCUT2D eigenvalue weighted by molar-refractivity contribution is 9.10. The second kappa shape index (κ2) is 10.8. The predicted octanol–water partition coefficient (Wildman–Crippen LogP) is 3.44. The number of hydrogen-bond acceptors (Lipinski definition) is 9. The molecule has 11 heteroatoms. The lowest BCUT2D eigenvalue weighted by atomic mass is 10.0. The zero-order chi connectivity index (χ0) is 24.8. The van der Waals surface area contributed by atoms with E-state index in [1.54, 1.807) is 42.5 Å². The van der Waals surface area contributed by atoms with Crippen LogP contribution in [0.4, 0.5) is 0 Å². The predicted molar refractivity (Wildman–Crippen MR) is 123 cm³/mol. The Hall–Kier alpha value is -3.86. The zero-order valence-corrected chi connectivity index (χ0v) is 20.4. The van der Waals surface area contributed by atoms with Crippen LogP contribution in [0.25, 0.3) is 16.9 Å². The van der Waals surface area contributed by atoms with Gasteiger partial charge in [0.05, 0.1) is 34.1 Å². The summed E-state index contributed by atoms with van der Waals surface area (Å²) in [5, 5.41) is 4.56. The Kier molecular flexibility index (Phi) is 7.90. The molecule has 178 valence electrons. The molecule has 0 radical (unpaired) electrons. The molecule has 1 aromatic heterocycles. The highest BCUT2D eigenvalue weighted by Gasteiger charge is 2.32. The molecule has 1 heterocycles. The van der Waals surface area contributed by atoms with Crippen molar-refractivity contribution in [2.45, 2.75) is 0 Å². The molecule has 34 heavy (non-hydrogen) atoms. The number of halogens is 1. The number of esters is 3. The van der Waals surface area contributed by atoms with E-state index in [1.165, 1.54) is 33.1 Å². The SMILES string of the molecule is COC(=O)COc1cc(Br)c(-c2nn(-c3ccccc3)c(C(=O)OC)c2C(=O)OC)cc1OC. The number of aromatic nitrogens is 2. The smallest absolute Gasteiger partial charge is 0.357 e. The van der Waals surface area contributed by atoms with Crippen molar-refractivity contribution in [3.8, 4) is 28.4 Å². The van der Waals surface area contributed by atoms with Crippen LogP contribution < -0.4 is 9.47 Å². The van der Waals surface area contributed by atoms with E-state index in [9.17, 15) is 14.4 Å². The monoisotopic (exact) mass is 532 g/mol. The van der Waals surface area contributed by atoms with Gasteiger partial charge in [0.15, 0.2) is 23.8 Å². The quantitative estimate of drug-likeness (QED) is 0.317. The number of carbonyl (C=O) groups is 3. The second-order valence-corrected chi connectivity index (χ2v) is 7.50. The minimum atomic E-state index is -0.783. The topological polar surface area (TPSA) is 115 Å². The van der Waals surface area contributed by atoms with Crippen molar-refractivity contribution in [3.05, 3.63) is 58.2 Å². The Morgan fingerprint density at radius 2 is 1.59 bits per heavy atom. The molecule has 0 amide bonds. The molecule has 0 aliphatic carbocycles. The normalized spacial score (nSPS) is 10.4. The Morgan fingerprint density at radius 3 is 2.18 bits per heavy atom. The van der Waals surface area contributed by atoms with E-state index in [1.807, 2.05) is 0 Å². The van der Waals surface area contributed by atoms with Crippen molar-refractivity contribution >= 4 is 33.8 Å². The molecule has 3 rings (SSSR count). The summed E-state index contributed by atoms with van der Waals surface area (Å²) in [7, 11) is 5.07. The van der Waals surface area contributed by atoms with Gasteiger partial charge in [0.2, 0.25) is 0 Å². The maximum Gasteiger partial charge on any atom is 0.357 e. The summed E-state index contributed by atoms with van der Waals surface area (Å²) in [5.41, 5.74) is 0.875. The summed E-state index contributed by atoms with van der Waals surface area (Å²) >= 11 is 3.45. The fourth-order valence-corrected chi connectivity index (χ4v) is 3.64. The molecule has 0 aliphatic rings. The average molecular weight is 533 g/mol. The van der Waals surface area contributed by atoms with Crippen molar-refractivity contribution in [3.63, 3.8) is 0 Å². The Bertz CT molecular complexity index is 1220. The number of ether oxygens (including phenoxy) is 5. The van der Waals surface area contributed by atoms with Crippen molar-refractivity contribution in [2.24, 2.45) is 0 Å². The molecular formula is C23H21BrN2O8. The third kappa shape index (κ3) is 4.88. The molecule has 0 fully saturated rings. The van der Waals surface area contributed by atoms with Gasteiger partial charge in [-0.15, -0.1) is 0 Å². The summed E-state index contributed by atoms with van der Waals surface area (Å²) < 4.78 is 27.1. The molecule has 0 N–H and O–H groups in total. The fourth-order valence-electron chi connectivity index (χ4n) is 3.13. The number of methoxy groups -OCH3 is 4. The number of carbonyl (C=O) groups excluding carboxylic acids is 3. The Morgan fingerprint density at radius 1 is 0.912 bits per heavy atom. The summed E-state index contributed by atoms with van der Waals surface area (Å²) in [4.78, 5) is 37.0. The highest BCUT2D eigenvalue weighted by atomic mass is 79.9. The Labute approximate surface area is 203 Å². The minimum Gasteiger partial charge on any atom is -0.493 e. The van der Waals surface area contributed by atoms with Gasteiger partial charge in [-0.3, -0.25) is 0 Å². The molecule has 0 aliphatic heterocycles. The van der Waals surface area contributed by atoms with E-state index < -0.39 is 17.9 Å². The van der Waals surface area contributed by atoms with Crippen LogP contribution in [0, 0.1) is 0 Å². The van der Waals surface area contributed by atoms with E-state index >= 15 is 0 Å². The molecule has 0 saturated heterocycles. The molecule has 0 bridgehead atoms. The summed E-state index contributed by atoms with van der Waals surface area (Å²) in [6.07, 6.45) is 0. The molecule has 0 atom stereocenters. The molecule has 2 aromatic carbocycles. The molecular weight excluding hydrogens is 512 g/mol. The molecule has 3 aromatic rings. The van der Waals surface area contributed by atoms with E-state index in [0.29, 0.717) is 15.7 Å². The lowest BCUT2D eigenvalue weighted by molar-refractivity contribution is -0.142. The van der Waals surface area contributed by atoms with E-state index in [4.69, 9.17) is 18.9 Å². The first-order chi connectivity index (χ1) is 16.4. The molecule has 0 saturated carbocycles. The van der Waals surface area contributed by atoms with Crippen LogP contribution in [-0.4, -0.2) is 62.7 Å². The third-order valence-electron chi connectivity index (χ3n) is 4.74. The maximum atomic E-state index is 12.8. The maximum absolute atomic E-state index is 12.8. The number of nitrogens with zero attached hydrogens (tertiary/aromatic N) is 2. The van der Waals surface area contributed by atoms with Gasteiger partial charge >= 0.3 is 17.9 Å². The first-order valence-corrected chi connectivity index (χ1v) is 10.6. The summed E-state index contributed by atoms with van der Waals surface area (Å²) in [5.74, 6) is -1.62. The lowest BCUT2D eigenvalue weighted by Crippen LogP contribution is -2.15. The van der Waals surface area contributed by atoms with Gasteiger partial charge in [0.25, 0.3) is 0 Å². The van der Waals surface area contributed by atoms with Crippen LogP contribution >= 0.6 is 15.9 Å². The van der Waals surface area contributed by atoms with Gasteiger partial charge in [0, 0.05) is 10.0 Å². The van der Waals surface area contributed by atoms with Crippen LogP contribution in [0.1, 0.15) is 20.8 Å². The van der Waals surface area contributed by atoms with Crippen LogP contribution in [0.15, 0.2) is 46.9 Å². The average Bonchev–Trinajstić information content (AvgIpc) is 3.27. The van der Waals surface area contributed by atoms with Gasteiger partial charge < -0.3 is 23.7 Å². The van der Waals surface area contributed by atoms with Crippen LogP contribution in [0.5, 0.6) is 11.5 Å². The third-order valence-corrected chi connectivity index (χ3v) is 5.39. The van der Waals surface area contributed by atoms with Crippen molar-refractivity contribution in [2.75, 3.05) is 35.0 Å². The molecule has 0 spiro atoms. The number of benzene rings is 2. The molecule has 0 unspecified atom stereocenters. The first-order valence-electron chi connectivity index (χ1n) is 9.78. The second-order valence-electron chi connectivity index (χ2n) is 6.65. The summed E-state index contributed by atoms with van der Waals surface area (Å²) in [6.45, 7) is -0.332. The van der Waals surface area contributed by atoms with E-state index in [2.05, 4.69) is 25.8 Å². The van der Waals surface area contributed by atoms with Crippen LogP contribution in [-0.2, 0) is 19.0 Å².